The molecule has 1 aromatic rings. The molecule has 2 N–H and O–H groups in total. The predicted octanol–water partition coefficient (Wildman–Crippen LogP) is 5.48. The number of ether oxygens (including phenoxy) is 1. The number of aromatic nitrogens is 1. The van der Waals surface area contributed by atoms with E-state index < -0.39 is 45.6 Å². The molecule has 1 amide bonds. The number of hydrogen-bond acceptors (Lipinski definition) is 7. The Bertz CT molecular complexity index is 1180. The lowest BCUT2D eigenvalue weighted by molar-refractivity contribution is 0.0560. The van der Waals surface area contributed by atoms with Gasteiger partial charge in [-0.25, -0.2) is 22.7 Å². The highest BCUT2D eigenvalue weighted by Crippen LogP contribution is 2.39. The van der Waals surface area contributed by atoms with Crippen molar-refractivity contribution in [3.8, 4) is 0 Å². The van der Waals surface area contributed by atoms with E-state index >= 15 is 4.39 Å². The van der Waals surface area contributed by atoms with Crippen LogP contribution in [0.3, 0.4) is 0 Å². The van der Waals surface area contributed by atoms with Crippen molar-refractivity contribution >= 4 is 50.8 Å². The highest BCUT2D eigenvalue weighted by molar-refractivity contribution is 9.10. The van der Waals surface area contributed by atoms with Gasteiger partial charge in [0.15, 0.2) is 0 Å². The number of alkyl carbamates (subject to hydrolysis) is 1. The number of hydrogen-bond donors (Lipinski definition) is 2. The molecule has 1 aromatic heterocycles. The molecule has 0 spiro atoms. The quantitative estimate of drug-likeness (QED) is 0.223. The maximum absolute atomic E-state index is 16.5. The van der Waals surface area contributed by atoms with Gasteiger partial charge in [-0.05, 0) is 75.1 Å². The van der Waals surface area contributed by atoms with Crippen molar-refractivity contribution in [2.75, 3.05) is 18.9 Å². The van der Waals surface area contributed by atoms with E-state index in [2.05, 4.69) is 51.4 Å². The zero-order valence-electron chi connectivity index (χ0n) is 24.2. The molecule has 0 bridgehead atoms. The van der Waals surface area contributed by atoms with Gasteiger partial charge in [-0.3, -0.25) is 10.3 Å². The molecule has 216 valence electrons. The molecule has 1 aliphatic heterocycles. The lowest BCUT2D eigenvalue weighted by Gasteiger charge is -2.42. The third kappa shape index (κ3) is 6.67. The molecule has 0 saturated heterocycles. The van der Waals surface area contributed by atoms with Gasteiger partial charge in [0.25, 0.3) is 0 Å². The van der Waals surface area contributed by atoms with Crippen molar-refractivity contribution < 1.29 is 23.2 Å². The normalized spacial score (nSPS) is 23.5. The van der Waals surface area contributed by atoms with E-state index in [1.165, 1.54) is 0 Å². The number of amidine groups is 1. The molecule has 0 aliphatic carbocycles. The molecule has 38 heavy (non-hydrogen) atoms. The van der Waals surface area contributed by atoms with Crippen LogP contribution in [0.1, 0.15) is 74.4 Å². The van der Waals surface area contributed by atoms with E-state index in [-0.39, 0.29) is 30.4 Å². The third-order valence-corrected chi connectivity index (χ3v) is 16.8. The number of aliphatic hydroxyl groups is 1. The van der Waals surface area contributed by atoms with Gasteiger partial charge in [-0.2, -0.15) is 0 Å². The average molecular weight is 636 g/mol. The number of aliphatic imine (C=N–C) groups is 1. The zero-order chi connectivity index (χ0) is 29.2. The van der Waals surface area contributed by atoms with E-state index in [9.17, 15) is 14.1 Å². The van der Waals surface area contributed by atoms with Gasteiger partial charge >= 0.3 is 6.09 Å². The lowest BCUT2D eigenvalue weighted by Crippen LogP contribution is -2.58. The van der Waals surface area contributed by atoms with Gasteiger partial charge in [0.05, 0.1) is 30.1 Å². The molecule has 1 aliphatic rings. The topological polar surface area (TPSA) is 113 Å². The largest absolute Gasteiger partial charge is 0.444 e. The first kappa shape index (κ1) is 32.8. The van der Waals surface area contributed by atoms with Crippen LogP contribution >= 0.6 is 15.9 Å². The molecule has 0 aromatic carbocycles. The summed E-state index contributed by atoms with van der Waals surface area (Å²) in [5.74, 6) is -0.410. The van der Waals surface area contributed by atoms with Crippen LogP contribution in [0.25, 0.3) is 0 Å². The second-order valence-electron chi connectivity index (χ2n) is 11.6. The summed E-state index contributed by atoms with van der Waals surface area (Å²) in [6, 6.07) is 4.40. The average Bonchev–Trinajstić information content (AvgIpc) is 2.80. The Kier molecular flexibility index (Phi) is 10.4. The number of halogens is 2. The summed E-state index contributed by atoms with van der Waals surface area (Å²) in [6.45, 7) is 16.7. The molecule has 2 rings (SSSR count). The number of rotatable bonds is 8. The third-order valence-electron chi connectivity index (χ3n) is 7.48. The monoisotopic (exact) mass is 634 g/mol. The fraction of sp³-hybridized carbons (Fsp3) is 0.731. The van der Waals surface area contributed by atoms with Crippen LogP contribution in [0.2, 0.25) is 18.1 Å². The van der Waals surface area contributed by atoms with Crippen LogP contribution in [0, 0.1) is 5.82 Å². The summed E-state index contributed by atoms with van der Waals surface area (Å²) in [7, 11) is -5.29. The van der Waals surface area contributed by atoms with E-state index in [0.717, 1.165) is 18.1 Å². The van der Waals surface area contributed by atoms with Gasteiger partial charge in [0, 0.05) is 6.61 Å². The first-order chi connectivity index (χ1) is 17.4. The van der Waals surface area contributed by atoms with Crippen LogP contribution < -0.4 is 10.5 Å². The summed E-state index contributed by atoms with van der Waals surface area (Å²) < 4.78 is 40.4. The number of aliphatic hydroxyl groups excluding tert-OH is 1. The minimum absolute atomic E-state index is 0.0816. The van der Waals surface area contributed by atoms with Crippen molar-refractivity contribution in [2.24, 2.45) is 9.36 Å². The summed E-state index contributed by atoms with van der Waals surface area (Å²) in [5, 5.41) is 12.7. The van der Waals surface area contributed by atoms with Gasteiger partial charge in [0.1, 0.15) is 37.8 Å². The molecule has 2 heterocycles. The van der Waals surface area contributed by atoms with E-state index in [4.69, 9.17) is 9.73 Å². The number of nitrogens with zero attached hydrogens (tertiary/aromatic N) is 3. The van der Waals surface area contributed by atoms with Gasteiger partial charge < -0.3 is 9.84 Å². The van der Waals surface area contributed by atoms with E-state index in [1.54, 1.807) is 47.6 Å². The van der Waals surface area contributed by atoms with Crippen LogP contribution in [-0.2, 0) is 20.0 Å². The highest BCUT2D eigenvalue weighted by atomic mass is 79.9. The van der Waals surface area contributed by atoms with E-state index in [0.29, 0.717) is 16.2 Å². The summed E-state index contributed by atoms with van der Waals surface area (Å²) in [5.41, 5.74) is -2.06. The molecule has 0 fully saturated rings. The molecule has 2 atom stereocenters. The van der Waals surface area contributed by atoms with Crippen LogP contribution in [0.15, 0.2) is 20.0 Å². The summed E-state index contributed by atoms with van der Waals surface area (Å²) in [4.78, 5) is 22.2. The van der Waals surface area contributed by atoms with E-state index in [1.807, 2.05) is 0 Å². The second-order valence-corrected chi connectivity index (χ2v) is 20.5. The first-order valence-electron chi connectivity index (χ1n) is 13.2. The Labute approximate surface area is 237 Å². The fourth-order valence-corrected chi connectivity index (χ4v) is 11.7. The van der Waals surface area contributed by atoms with Crippen molar-refractivity contribution in [1.29, 1.82) is 0 Å². The van der Waals surface area contributed by atoms with Crippen molar-refractivity contribution in [2.45, 2.75) is 103 Å². The molecule has 0 unspecified atom stereocenters. The molecular weight excluding hydrogens is 591 g/mol. The summed E-state index contributed by atoms with van der Waals surface area (Å²) in [6.07, 6.45) is -0.412. The van der Waals surface area contributed by atoms with Crippen molar-refractivity contribution in [3.63, 3.8) is 0 Å². The van der Waals surface area contributed by atoms with Crippen LogP contribution in [-0.4, -0.2) is 63.6 Å². The number of pyridine rings is 1. The lowest BCUT2D eigenvalue weighted by atomic mass is 9.98. The minimum Gasteiger partial charge on any atom is -0.444 e. The standard InChI is InChI=1S/C26H44BrFN4O4SSi/c1-10-38(11-2,12-3)18-16-19(27)30-21(20(18)28)26(9)17-37(35,29-14-13-15-33)25(7,8)22(32-26)31-23(34)36-24(4,5)6/h16,33H,10-15,17H2,1-9H3,(H,31,32,34)/t26-,37-/m0/s1. The Morgan fingerprint density at radius 2 is 1.84 bits per heavy atom. The second kappa shape index (κ2) is 12.0. The molecule has 0 radical (unpaired) electrons. The van der Waals surface area contributed by atoms with Crippen molar-refractivity contribution in [1.82, 2.24) is 10.3 Å². The zero-order valence-corrected chi connectivity index (χ0v) is 27.6. The van der Waals surface area contributed by atoms with Gasteiger partial charge in [0.2, 0.25) is 0 Å². The Balaban J connectivity index is 2.85. The molecule has 8 nitrogen and oxygen atoms in total. The minimum atomic E-state index is -3.13. The Morgan fingerprint density at radius 1 is 1.26 bits per heavy atom. The number of carbonyl (C=O) groups excluding carboxylic acids is 1. The maximum Gasteiger partial charge on any atom is 0.413 e. The highest BCUT2D eigenvalue weighted by Gasteiger charge is 2.51. The summed E-state index contributed by atoms with van der Waals surface area (Å²) >= 11 is 3.49. The Morgan fingerprint density at radius 3 is 2.34 bits per heavy atom. The first-order valence-corrected chi connectivity index (χ1v) is 18.3. The molecule has 0 saturated carbocycles. The smallest absolute Gasteiger partial charge is 0.413 e. The number of carbonyl (C=O) groups is 1. The Hall–Kier alpha value is -1.37. The van der Waals surface area contributed by atoms with Crippen LogP contribution in [0.4, 0.5) is 9.18 Å². The van der Waals surface area contributed by atoms with Gasteiger partial charge in [-0.15, -0.1) is 0 Å². The van der Waals surface area contributed by atoms with Crippen molar-refractivity contribution in [3.05, 3.63) is 22.2 Å². The predicted molar refractivity (Wildman–Crippen MR) is 159 cm³/mol. The van der Waals surface area contributed by atoms with Gasteiger partial charge in [-0.1, -0.05) is 38.9 Å². The number of amides is 1. The van der Waals surface area contributed by atoms with Crippen LogP contribution in [0.5, 0.6) is 0 Å². The fourth-order valence-electron chi connectivity index (χ4n) is 4.88. The molecular formula is C26H44BrFN4O4SSi. The molecule has 12 heteroatoms. The SMILES string of the molecule is CC[Si](CC)(CC)c1cc(Br)nc([C@]2(C)C[S@@](=O)(=NCCCO)C(C)(C)C(NC(=O)OC(C)(C)C)=N2)c1F. The number of nitrogens with one attached hydrogen (secondary N) is 1. The maximum atomic E-state index is 16.5.